The van der Waals surface area contributed by atoms with Crippen molar-refractivity contribution in [2.24, 2.45) is 13.0 Å². The molecule has 292 valence electrons. The molecule has 0 saturated heterocycles. The van der Waals surface area contributed by atoms with Crippen molar-refractivity contribution in [1.82, 2.24) is 29.9 Å². The van der Waals surface area contributed by atoms with Crippen LogP contribution in [0.15, 0.2) is 42.5 Å². The molecule has 3 aromatic heterocycles. The Morgan fingerprint density at radius 1 is 1.05 bits per heavy atom. The number of fused-ring (bicyclic) bond motifs is 4. The van der Waals surface area contributed by atoms with E-state index < -0.39 is 83.8 Å². The fourth-order valence-electron chi connectivity index (χ4n) is 7.24. The lowest BCUT2D eigenvalue weighted by Crippen LogP contribution is -2.35. The third kappa shape index (κ3) is 7.31. The van der Waals surface area contributed by atoms with Crippen molar-refractivity contribution >= 4 is 40.1 Å². The average molecular weight is 800 g/mol. The van der Waals surface area contributed by atoms with Crippen LogP contribution in [0, 0.1) is 29.4 Å². The van der Waals surface area contributed by atoms with Crippen LogP contribution in [-0.4, -0.2) is 58.8 Å². The molecule has 2 aliphatic rings. The number of aromatic nitrogens is 5. The zero-order valence-electron chi connectivity index (χ0n) is 29.8. The number of nitrogens with one attached hydrogen (secondary N) is 2. The smallest absolute Gasteiger partial charge is 0.293 e. The van der Waals surface area contributed by atoms with Crippen molar-refractivity contribution in [2.45, 2.75) is 63.1 Å². The van der Waals surface area contributed by atoms with Crippen LogP contribution in [0.5, 0.6) is 0 Å². The molecule has 0 bridgehead atoms. The number of aryl methyl sites for hydroxylation is 1. The number of nitrogens with zero attached hydrogens (tertiary/aromatic N) is 5. The molecule has 4 N–H and O–H groups in total. The molecule has 7 rings (SSSR count). The zero-order chi connectivity index (χ0) is 40.4. The maximum Gasteiger partial charge on any atom is 0.293 e. The predicted molar refractivity (Wildman–Crippen MR) is 191 cm³/mol. The van der Waals surface area contributed by atoms with E-state index in [0.717, 1.165) is 12.1 Å². The minimum absolute atomic E-state index is 0.0139. The summed E-state index contributed by atoms with van der Waals surface area (Å²) in [5.74, 6) is -3.64. The van der Waals surface area contributed by atoms with Crippen LogP contribution in [-0.2, 0) is 35.5 Å². The first-order chi connectivity index (χ1) is 26.4. The topological polar surface area (TPSA) is 147 Å². The summed E-state index contributed by atoms with van der Waals surface area (Å²) in [6, 6.07) is 7.58. The van der Waals surface area contributed by atoms with Gasteiger partial charge in [0.1, 0.15) is 47.5 Å². The minimum Gasteiger partial charge on any atom is -0.387 e. The van der Waals surface area contributed by atoms with Gasteiger partial charge in [-0.15, -0.1) is 0 Å². The summed E-state index contributed by atoms with van der Waals surface area (Å²) in [4.78, 5) is 30.8. The quantitative estimate of drug-likeness (QED) is 0.0992. The largest absolute Gasteiger partial charge is 0.387 e. The predicted octanol–water partition coefficient (Wildman–Crippen LogP) is 6.06. The number of alkyl halides is 4. The fraction of sp³-hybridized carbons (Fsp3) is 0.342. The lowest BCUT2D eigenvalue weighted by Gasteiger charge is -2.23. The standard InChI is InChI=1S/C38H32ClF6N7O4/c1-37(2,56)9-8-20-4-5-21(22-6-7-25(39)30-33(22)51(3)50-36(30)48-28(55)16-53)31(46-20)26(12-17-10-18(40)13-19(41)11-17)47-27(54)15-52-34-29(32(49-52)35(42)43)23-14-24(23)38(34,44)45/h4-7,10-11,13,23-24,26,35,53,56H,12,14-16H2,1-3H3,(H,47,54)(H,48,50,55)/t23-,24+,26-/m0/s1. The number of carbonyl (C=O) groups is 2. The molecule has 0 unspecified atom stereocenters. The molecule has 2 aliphatic carbocycles. The van der Waals surface area contributed by atoms with Crippen molar-refractivity contribution in [3.8, 4) is 23.0 Å². The molecular weight excluding hydrogens is 768 g/mol. The van der Waals surface area contributed by atoms with E-state index in [9.17, 15) is 37.4 Å². The first-order valence-electron chi connectivity index (χ1n) is 17.2. The van der Waals surface area contributed by atoms with Gasteiger partial charge >= 0.3 is 0 Å². The first kappa shape index (κ1) is 38.8. The molecule has 3 atom stereocenters. The number of benzene rings is 2. The summed E-state index contributed by atoms with van der Waals surface area (Å²) in [6.07, 6.45) is -3.48. The van der Waals surface area contributed by atoms with Gasteiger partial charge in [-0.05, 0) is 74.4 Å². The highest BCUT2D eigenvalue weighted by Crippen LogP contribution is 2.68. The highest BCUT2D eigenvalue weighted by Gasteiger charge is 2.67. The third-order valence-corrected chi connectivity index (χ3v) is 9.85. The van der Waals surface area contributed by atoms with Gasteiger partial charge < -0.3 is 20.8 Å². The van der Waals surface area contributed by atoms with Crippen molar-refractivity contribution in [2.75, 3.05) is 11.9 Å². The second kappa shape index (κ2) is 14.3. The molecule has 0 aliphatic heterocycles. The van der Waals surface area contributed by atoms with Gasteiger partial charge in [-0.2, -0.15) is 19.0 Å². The highest BCUT2D eigenvalue weighted by molar-refractivity contribution is 6.37. The van der Waals surface area contributed by atoms with Crippen molar-refractivity contribution < 1.29 is 46.1 Å². The van der Waals surface area contributed by atoms with Gasteiger partial charge in [-0.3, -0.25) is 19.0 Å². The minimum atomic E-state index is -3.50. The Morgan fingerprint density at radius 2 is 1.75 bits per heavy atom. The van der Waals surface area contributed by atoms with Gasteiger partial charge in [-0.25, -0.2) is 22.5 Å². The van der Waals surface area contributed by atoms with E-state index in [1.807, 2.05) is 0 Å². The fourth-order valence-corrected chi connectivity index (χ4v) is 7.49. The molecule has 2 aromatic carbocycles. The Balaban J connectivity index is 1.38. The van der Waals surface area contributed by atoms with E-state index in [-0.39, 0.29) is 57.1 Å². The SMILES string of the molecule is Cn1nc(NC(=O)CO)c2c(Cl)ccc(-c3ccc(C#CC(C)(C)O)nc3[C@H](Cc3cc(F)cc(F)c3)NC(=O)Cn3nc(C(F)F)c4c3C(F)(F)[C@@H]3C[C@H]43)c21. The van der Waals surface area contributed by atoms with Crippen LogP contribution in [0.4, 0.5) is 32.2 Å². The van der Waals surface area contributed by atoms with E-state index in [2.05, 4.69) is 32.7 Å². The Bertz CT molecular complexity index is 2470. The summed E-state index contributed by atoms with van der Waals surface area (Å²) in [7, 11) is 1.55. The number of rotatable bonds is 10. The maximum absolute atomic E-state index is 15.4. The molecule has 0 radical (unpaired) electrons. The van der Waals surface area contributed by atoms with E-state index in [1.54, 1.807) is 19.2 Å². The van der Waals surface area contributed by atoms with Crippen LogP contribution in [0.2, 0.25) is 5.02 Å². The van der Waals surface area contributed by atoms with Gasteiger partial charge in [0.25, 0.3) is 18.3 Å². The molecular formula is C38H32ClF6N7O4. The molecule has 5 aromatic rings. The Morgan fingerprint density at radius 3 is 2.41 bits per heavy atom. The first-order valence-corrected chi connectivity index (χ1v) is 17.6. The van der Waals surface area contributed by atoms with Crippen LogP contribution in [0.1, 0.15) is 72.6 Å². The molecule has 11 nitrogen and oxygen atoms in total. The molecule has 0 spiro atoms. The average Bonchev–Trinajstić information content (AvgIpc) is 3.65. The summed E-state index contributed by atoms with van der Waals surface area (Å²) in [5, 5.41) is 33.4. The Kier molecular flexibility index (Phi) is 9.88. The van der Waals surface area contributed by atoms with Gasteiger partial charge in [0, 0.05) is 35.7 Å². The molecule has 56 heavy (non-hydrogen) atoms. The molecule has 2 amide bonds. The van der Waals surface area contributed by atoms with Crippen LogP contribution in [0.25, 0.3) is 22.0 Å². The number of hydrogen-bond donors (Lipinski definition) is 4. The summed E-state index contributed by atoms with van der Waals surface area (Å²) in [6.45, 7) is 1.12. The number of aliphatic hydroxyl groups excluding tert-OH is 1. The van der Waals surface area contributed by atoms with E-state index in [1.165, 1.54) is 30.7 Å². The Labute approximate surface area is 319 Å². The summed E-state index contributed by atoms with van der Waals surface area (Å²) >= 11 is 6.59. The van der Waals surface area contributed by atoms with Crippen molar-refractivity contribution in [1.29, 1.82) is 0 Å². The van der Waals surface area contributed by atoms with E-state index in [4.69, 9.17) is 16.6 Å². The number of aliphatic hydroxyl groups is 2. The number of halogens is 7. The van der Waals surface area contributed by atoms with Gasteiger partial charge in [0.2, 0.25) is 5.91 Å². The number of hydrogen-bond acceptors (Lipinski definition) is 7. The number of carbonyl (C=O) groups excluding carboxylic acids is 2. The molecule has 1 fully saturated rings. The lowest BCUT2D eigenvalue weighted by atomic mass is 9.93. The highest BCUT2D eigenvalue weighted by atomic mass is 35.5. The zero-order valence-corrected chi connectivity index (χ0v) is 30.5. The molecule has 3 heterocycles. The second-order valence-electron chi connectivity index (χ2n) is 14.2. The van der Waals surface area contributed by atoms with Gasteiger partial charge in [0.15, 0.2) is 5.82 Å². The van der Waals surface area contributed by atoms with E-state index in [0.29, 0.717) is 21.8 Å². The summed E-state index contributed by atoms with van der Waals surface area (Å²) in [5.41, 5.74) is -2.08. The van der Waals surface area contributed by atoms with Gasteiger partial charge in [0.05, 0.1) is 27.7 Å². The molecule has 18 heteroatoms. The molecule has 1 saturated carbocycles. The lowest BCUT2D eigenvalue weighted by molar-refractivity contribution is -0.123. The number of pyridine rings is 1. The Hall–Kier alpha value is -5.44. The van der Waals surface area contributed by atoms with Crippen LogP contribution in [0.3, 0.4) is 0 Å². The van der Waals surface area contributed by atoms with Crippen molar-refractivity contribution in [3.05, 3.63) is 93.0 Å². The maximum atomic E-state index is 15.4. The normalized spacial score (nSPS) is 17.3. The van der Waals surface area contributed by atoms with Crippen LogP contribution < -0.4 is 10.6 Å². The third-order valence-electron chi connectivity index (χ3n) is 9.54. The van der Waals surface area contributed by atoms with Crippen LogP contribution >= 0.6 is 11.6 Å². The van der Waals surface area contributed by atoms with Crippen molar-refractivity contribution in [3.63, 3.8) is 0 Å². The van der Waals surface area contributed by atoms with E-state index >= 15 is 8.78 Å². The summed E-state index contributed by atoms with van der Waals surface area (Å²) < 4.78 is 89.8. The second-order valence-corrected chi connectivity index (χ2v) is 14.6. The number of anilines is 1. The number of amides is 2. The monoisotopic (exact) mass is 799 g/mol. The van der Waals surface area contributed by atoms with Gasteiger partial charge in [-0.1, -0.05) is 23.6 Å².